The Morgan fingerprint density at radius 3 is 2.77 bits per heavy atom. The Bertz CT molecular complexity index is 1230. The monoisotopic (exact) mass is 483 g/mol. The molecule has 0 fully saturated rings. The molecular formula is C22H19BrFN5S. The summed E-state index contributed by atoms with van der Waals surface area (Å²) in [5.74, 6) is -0.109. The first-order chi connectivity index (χ1) is 14.6. The van der Waals surface area contributed by atoms with Gasteiger partial charge in [-0.2, -0.15) is 5.26 Å². The van der Waals surface area contributed by atoms with Crippen LogP contribution in [0, 0.1) is 23.1 Å². The number of unbranched alkanes of at least 4 members (excludes halogenated alkanes) is 1. The first kappa shape index (κ1) is 20.6. The van der Waals surface area contributed by atoms with Crippen molar-refractivity contribution in [2.75, 3.05) is 11.9 Å². The normalized spacial score (nSPS) is 15.3. The summed E-state index contributed by atoms with van der Waals surface area (Å²) in [6.45, 7) is 2.87. The van der Waals surface area contributed by atoms with Crippen LogP contribution in [0.15, 0.2) is 46.0 Å². The van der Waals surface area contributed by atoms with E-state index >= 15 is 0 Å². The van der Waals surface area contributed by atoms with E-state index in [1.165, 1.54) is 23.5 Å². The first-order valence-corrected chi connectivity index (χ1v) is 11.3. The number of hydrogen-bond donors (Lipinski definition) is 1. The molecule has 1 unspecified atom stereocenters. The van der Waals surface area contributed by atoms with Gasteiger partial charge in [0.05, 0.1) is 11.1 Å². The Kier molecular flexibility index (Phi) is 6.21. The fourth-order valence-corrected chi connectivity index (χ4v) is 4.57. The quantitative estimate of drug-likeness (QED) is 0.518. The second-order valence-corrected chi connectivity index (χ2v) is 8.85. The molecule has 3 heterocycles. The highest BCUT2D eigenvalue weighted by Crippen LogP contribution is 2.33. The van der Waals surface area contributed by atoms with Gasteiger partial charge in [-0.1, -0.05) is 31.1 Å². The van der Waals surface area contributed by atoms with Crippen molar-refractivity contribution >= 4 is 38.1 Å². The average molecular weight is 484 g/mol. The minimum atomic E-state index is -0.320. The number of hydrogen-bond acceptors (Lipinski definition) is 6. The van der Waals surface area contributed by atoms with Gasteiger partial charge in [-0.15, -0.1) is 0 Å². The van der Waals surface area contributed by atoms with Crippen molar-refractivity contribution in [2.45, 2.75) is 26.2 Å². The number of rotatable bonds is 6. The number of benzene rings is 1. The lowest BCUT2D eigenvalue weighted by molar-refractivity contribution is 0.560. The maximum Gasteiger partial charge on any atom is 0.188 e. The van der Waals surface area contributed by atoms with Crippen molar-refractivity contribution in [2.24, 2.45) is 10.9 Å². The molecule has 0 bridgehead atoms. The Morgan fingerprint density at radius 1 is 1.23 bits per heavy atom. The van der Waals surface area contributed by atoms with Crippen LogP contribution in [0.3, 0.4) is 0 Å². The summed E-state index contributed by atoms with van der Waals surface area (Å²) in [4.78, 5) is 14.5. The summed E-state index contributed by atoms with van der Waals surface area (Å²) in [5.41, 5.74) is 2.25. The molecule has 1 atom stereocenters. The fourth-order valence-electron chi connectivity index (χ4n) is 3.46. The lowest BCUT2D eigenvalue weighted by Gasteiger charge is -2.21. The summed E-state index contributed by atoms with van der Waals surface area (Å²) in [6, 6.07) is 12.1. The smallest absolute Gasteiger partial charge is 0.188 e. The summed E-state index contributed by atoms with van der Waals surface area (Å²) < 4.78 is 14.0. The predicted molar refractivity (Wildman–Crippen MR) is 120 cm³/mol. The largest absolute Gasteiger partial charge is 0.333 e. The number of pyridine rings is 1. The minimum absolute atomic E-state index is 0.211. The van der Waals surface area contributed by atoms with Gasteiger partial charge in [0.1, 0.15) is 32.4 Å². The number of thiazole rings is 1. The zero-order valence-electron chi connectivity index (χ0n) is 16.3. The van der Waals surface area contributed by atoms with E-state index in [1.807, 2.05) is 12.1 Å². The molecule has 0 radical (unpaired) electrons. The van der Waals surface area contributed by atoms with Gasteiger partial charge in [0.2, 0.25) is 0 Å². The zero-order chi connectivity index (χ0) is 21.1. The van der Waals surface area contributed by atoms with Crippen molar-refractivity contribution in [3.8, 4) is 17.3 Å². The van der Waals surface area contributed by atoms with E-state index in [4.69, 9.17) is 4.99 Å². The van der Waals surface area contributed by atoms with E-state index in [1.54, 1.807) is 12.1 Å². The van der Waals surface area contributed by atoms with Gasteiger partial charge in [0, 0.05) is 18.0 Å². The van der Waals surface area contributed by atoms with Crippen molar-refractivity contribution in [3.63, 3.8) is 0 Å². The third-order valence-electron chi connectivity index (χ3n) is 4.98. The average Bonchev–Trinajstić information content (AvgIpc) is 3.16. The molecule has 0 saturated heterocycles. The molecule has 1 aliphatic heterocycles. The van der Waals surface area contributed by atoms with Crippen LogP contribution < -0.4 is 16.0 Å². The van der Waals surface area contributed by atoms with Gasteiger partial charge in [-0.25, -0.2) is 14.4 Å². The molecule has 3 aromatic rings. The van der Waals surface area contributed by atoms with Crippen LogP contribution in [0.5, 0.6) is 0 Å². The number of aromatic nitrogens is 2. The Labute approximate surface area is 186 Å². The van der Waals surface area contributed by atoms with Gasteiger partial charge < -0.3 is 5.32 Å². The molecule has 0 aliphatic carbocycles. The van der Waals surface area contributed by atoms with Crippen LogP contribution in [0.4, 0.5) is 9.52 Å². The predicted octanol–water partition coefficient (Wildman–Crippen LogP) is 4.64. The number of anilines is 1. The topological polar surface area (TPSA) is 74.0 Å². The van der Waals surface area contributed by atoms with Crippen LogP contribution in [-0.2, 0) is 0 Å². The van der Waals surface area contributed by atoms with Crippen LogP contribution >= 0.6 is 27.3 Å². The molecule has 5 nitrogen and oxygen atoms in total. The number of nitriles is 1. The Hall–Kier alpha value is -2.63. The molecule has 0 spiro atoms. The van der Waals surface area contributed by atoms with Crippen molar-refractivity contribution in [1.29, 1.82) is 5.26 Å². The zero-order valence-corrected chi connectivity index (χ0v) is 18.7. The molecule has 1 N–H and O–H groups in total. The highest BCUT2D eigenvalue weighted by atomic mass is 79.9. The van der Waals surface area contributed by atoms with Gasteiger partial charge in [-0.05, 0) is 58.7 Å². The molecule has 0 amide bonds. The number of halogens is 2. The van der Waals surface area contributed by atoms with E-state index in [2.05, 4.69) is 44.2 Å². The second kappa shape index (κ2) is 9.02. The van der Waals surface area contributed by atoms with E-state index < -0.39 is 0 Å². The van der Waals surface area contributed by atoms with E-state index in [-0.39, 0.29) is 11.7 Å². The standard InChI is InChI=1S/C22H19BrFN5S/c1-2-3-4-14-12-26-16-9-10-18(23)27-21(16)20(14)29-22-28-19(17(11-25)30-22)13-5-7-15(24)8-6-13/h5-10,14H,2-4,12H2,1H3,(H,28,29). The fraction of sp³-hybridized carbons (Fsp3) is 0.273. The van der Waals surface area contributed by atoms with Crippen molar-refractivity contribution < 1.29 is 4.39 Å². The molecule has 4 rings (SSSR count). The highest BCUT2D eigenvalue weighted by molar-refractivity contribution is 9.10. The Balaban J connectivity index is 1.77. The SMILES string of the molecule is CCCCC1CN=c2ccc(Br)nc2=C1Nc1nc(-c2ccc(F)cc2)c(C#N)s1. The van der Waals surface area contributed by atoms with E-state index in [9.17, 15) is 9.65 Å². The van der Waals surface area contributed by atoms with Gasteiger partial charge >= 0.3 is 0 Å². The summed E-state index contributed by atoms with van der Waals surface area (Å²) in [6.07, 6.45) is 3.20. The van der Waals surface area contributed by atoms with Crippen LogP contribution in [0.25, 0.3) is 17.0 Å². The van der Waals surface area contributed by atoms with Gasteiger partial charge in [0.25, 0.3) is 0 Å². The third kappa shape index (κ3) is 4.27. The molecule has 8 heteroatoms. The summed E-state index contributed by atoms with van der Waals surface area (Å²) in [7, 11) is 0. The van der Waals surface area contributed by atoms with Crippen molar-refractivity contribution in [3.05, 3.63) is 62.4 Å². The first-order valence-electron chi connectivity index (χ1n) is 9.74. The number of nitrogens with one attached hydrogen (secondary N) is 1. The van der Waals surface area contributed by atoms with E-state index in [0.717, 1.165) is 40.3 Å². The maximum absolute atomic E-state index is 13.3. The van der Waals surface area contributed by atoms with Crippen LogP contribution in [0.2, 0.25) is 0 Å². The molecule has 1 aliphatic rings. The van der Waals surface area contributed by atoms with Crippen molar-refractivity contribution in [1.82, 2.24) is 9.97 Å². The van der Waals surface area contributed by atoms with E-state index in [0.29, 0.717) is 27.8 Å². The number of nitrogens with zero attached hydrogens (tertiary/aromatic N) is 4. The highest BCUT2D eigenvalue weighted by Gasteiger charge is 2.22. The summed E-state index contributed by atoms with van der Waals surface area (Å²) in [5, 5.41) is 15.3. The summed E-state index contributed by atoms with van der Waals surface area (Å²) >= 11 is 4.75. The third-order valence-corrected chi connectivity index (χ3v) is 6.30. The molecule has 0 saturated carbocycles. The minimum Gasteiger partial charge on any atom is -0.333 e. The molecule has 152 valence electrons. The lowest BCUT2D eigenvalue weighted by atomic mass is 9.96. The van der Waals surface area contributed by atoms with Crippen LogP contribution in [0.1, 0.15) is 31.1 Å². The Morgan fingerprint density at radius 2 is 2.03 bits per heavy atom. The molecule has 2 aromatic heterocycles. The maximum atomic E-state index is 13.3. The van der Waals surface area contributed by atoms with Gasteiger partial charge in [-0.3, -0.25) is 4.99 Å². The van der Waals surface area contributed by atoms with Crippen LogP contribution in [-0.4, -0.2) is 16.5 Å². The lowest BCUT2D eigenvalue weighted by Crippen LogP contribution is -2.40. The molecule has 1 aromatic carbocycles. The molecule has 30 heavy (non-hydrogen) atoms. The number of fused-ring (bicyclic) bond motifs is 1. The second-order valence-electron chi connectivity index (χ2n) is 7.04. The molecular weight excluding hydrogens is 465 g/mol. The van der Waals surface area contributed by atoms with Gasteiger partial charge in [0.15, 0.2) is 5.13 Å².